The van der Waals surface area contributed by atoms with E-state index in [2.05, 4.69) is 10.4 Å². The summed E-state index contributed by atoms with van der Waals surface area (Å²) in [6, 6.07) is 1.40. The third-order valence-corrected chi connectivity index (χ3v) is 3.46. The molecule has 0 bridgehead atoms. The number of nitrogens with zero attached hydrogens (tertiary/aromatic N) is 3. The third-order valence-electron chi connectivity index (χ3n) is 3.46. The van der Waals surface area contributed by atoms with Crippen LogP contribution in [0.5, 0.6) is 0 Å². The second kappa shape index (κ2) is 5.26. The van der Waals surface area contributed by atoms with Crippen molar-refractivity contribution in [1.82, 2.24) is 20.0 Å². The number of rotatable bonds is 2. The molecule has 20 heavy (non-hydrogen) atoms. The van der Waals surface area contributed by atoms with Crippen molar-refractivity contribution in [3.8, 4) is 0 Å². The predicted molar refractivity (Wildman–Crippen MR) is 74.6 cm³/mol. The minimum absolute atomic E-state index is 0.0333. The minimum atomic E-state index is -0.485. The summed E-state index contributed by atoms with van der Waals surface area (Å²) in [5, 5.41) is 7.13. The third kappa shape index (κ3) is 3.18. The first-order valence-electron chi connectivity index (χ1n) is 6.84. The van der Waals surface area contributed by atoms with Crippen LogP contribution in [-0.2, 0) is 23.2 Å². The van der Waals surface area contributed by atoms with Crippen LogP contribution in [0.1, 0.15) is 32.9 Å². The van der Waals surface area contributed by atoms with E-state index in [4.69, 9.17) is 0 Å². The fraction of sp³-hybridized carbons (Fsp3) is 0.643. The Morgan fingerprint density at radius 3 is 2.65 bits per heavy atom. The molecule has 1 saturated heterocycles. The van der Waals surface area contributed by atoms with E-state index in [0.717, 1.165) is 5.69 Å². The van der Waals surface area contributed by atoms with Crippen molar-refractivity contribution in [1.29, 1.82) is 0 Å². The Balaban J connectivity index is 2.19. The molecule has 1 aromatic heterocycles. The van der Waals surface area contributed by atoms with Gasteiger partial charge in [0.05, 0.1) is 12.2 Å². The number of aryl methyl sites for hydroxylation is 1. The summed E-state index contributed by atoms with van der Waals surface area (Å²) in [5.41, 5.74) is 0.530. The normalized spacial score (nSPS) is 20.8. The highest BCUT2D eigenvalue weighted by atomic mass is 16.2. The molecule has 1 aromatic rings. The first-order valence-corrected chi connectivity index (χ1v) is 6.84. The van der Waals surface area contributed by atoms with Crippen LogP contribution in [0, 0.1) is 5.41 Å². The molecule has 0 aromatic carbocycles. The van der Waals surface area contributed by atoms with Crippen molar-refractivity contribution < 1.29 is 9.59 Å². The maximum atomic E-state index is 12.6. The van der Waals surface area contributed by atoms with Crippen molar-refractivity contribution in [2.45, 2.75) is 39.8 Å². The standard InChI is InChI=1S/C14H22N4O2/c1-14(2,3)12-13(20)18(8-6-11(19)15-12)9-10-5-7-17(4)16-10/h5,7,12H,6,8-9H2,1-4H3,(H,15,19). The number of amides is 2. The zero-order valence-corrected chi connectivity index (χ0v) is 12.5. The molecule has 1 aliphatic heterocycles. The molecule has 6 heteroatoms. The van der Waals surface area contributed by atoms with Crippen molar-refractivity contribution in [2.75, 3.05) is 6.54 Å². The fourth-order valence-corrected chi connectivity index (χ4v) is 2.31. The maximum absolute atomic E-state index is 12.6. The minimum Gasteiger partial charge on any atom is -0.344 e. The SMILES string of the molecule is Cn1ccc(CN2CCC(=O)NC(C(C)(C)C)C2=O)n1. The van der Waals surface area contributed by atoms with Crippen LogP contribution in [0.25, 0.3) is 0 Å². The first-order chi connectivity index (χ1) is 9.27. The Morgan fingerprint density at radius 1 is 1.40 bits per heavy atom. The van der Waals surface area contributed by atoms with Gasteiger partial charge in [-0.15, -0.1) is 0 Å². The van der Waals surface area contributed by atoms with Crippen LogP contribution in [0.15, 0.2) is 12.3 Å². The van der Waals surface area contributed by atoms with E-state index in [1.165, 1.54) is 0 Å². The van der Waals surface area contributed by atoms with Crippen LogP contribution in [0.4, 0.5) is 0 Å². The summed E-state index contributed by atoms with van der Waals surface area (Å²) < 4.78 is 1.71. The summed E-state index contributed by atoms with van der Waals surface area (Å²) in [4.78, 5) is 26.1. The van der Waals surface area contributed by atoms with Crippen LogP contribution in [0.2, 0.25) is 0 Å². The molecule has 1 aliphatic rings. The number of hydrogen-bond donors (Lipinski definition) is 1. The van der Waals surface area contributed by atoms with Gasteiger partial charge in [-0.3, -0.25) is 14.3 Å². The monoisotopic (exact) mass is 278 g/mol. The topological polar surface area (TPSA) is 67.2 Å². The van der Waals surface area contributed by atoms with Crippen LogP contribution in [0.3, 0.4) is 0 Å². The van der Waals surface area contributed by atoms with E-state index in [0.29, 0.717) is 19.5 Å². The van der Waals surface area contributed by atoms with Gasteiger partial charge in [-0.05, 0) is 11.5 Å². The van der Waals surface area contributed by atoms with Gasteiger partial charge in [-0.25, -0.2) is 0 Å². The Hall–Kier alpha value is -1.85. The number of nitrogens with one attached hydrogen (secondary N) is 1. The lowest BCUT2D eigenvalue weighted by Crippen LogP contribution is -2.51. The van der Waals surface area contributed by atoms with Crippen molar-refractivity contribution >= 4 is 11.8 Å². The fourth-order valence-electron chi connectivity index (χ4n) is 2.31. The summed E-state index contributed by atoms with van der Waals surface area (Å²) >= 11 is 0. The maximum Gasteiger partial charge on any atom is 0.246 e. The van der Waals surface area contributed by atoms with Gasteiger partial charge in [0.25, 0.3) is 0 Å². The Morgan fingerprint density at radius 2 is 2.10 bits per heavy atom. The van der Waals surface area contributed by atoms with E-state index in [9.17, 15) is 9.59 Å². The van der Waals surface area contributed by atoms with E-state index in [1.54, 1.807) is 9.58 Å². The van der Waals surface area contributed by atoms with E-state index < -0.39 is 6.04 Å². The molecular formula is C14H22N4O2. The first kappa shape index (κ1) is 14.6. The van der Waals surface area contributed by atoms with Gasteiger partial charge in [0.15, 0.2) is 0 Å². The number of carbonyl (C=O) groups is 2. The summed E-state index contributed by atoms with van der Waals surface area (Å²) in [5.74, 6) is -0.101. The number of carbonyl (C=O) groups excluding carboxylic acids is 2. The molecule has 0 spiro atoms. The molecule has 1 fully saturated rings. The van der Waals surface area contributed by atoms with Gasteiger partial charge in [-0.1, -0.05) is 20.8 Å². The van der Waals surface area contributed by atoms with E-state index in [-0.39, 0.29) is 17.2 Å². The van der Waals surface area contributed by atoms with E-state index in [1.807, 2.05) is 40.1 Å². The average Bonchev–Trinajstić information content (AvgIpc) is 2.68. The molecule has 1 N–H and O–H groups in total. The molecule has 110 valence electrons. The smallest absolute Gasteiger partial charge is 0.246 e. The molecule has 0 aliphatic carbocycles. The predicted octanol–water partition coefficient (Wildman–Crippen LogP) is 0.683. The van der Waals surface area contributed by atoms with Gasteiger partial charge in [-0.2, -0.15) is 5.10 Å². The van der Waals surface area contributed by atoms with Gasteiger partial charge in [0.2, 0.25) is 11.8 Å². The van der Waals surface area contributed by atoms with Gasteiger partial charge < -0.3 is 10.2 Å². The Bertz CT molecular complexity index is 515. The second-order valence-electron chi connectivity index (χ2n) is 6.36. The molecule has 2 amide bonds. The zero-order chi connectivity index (χ0) is 14.9. The van der Waals surface area contributed by atoms with Gasteiger partial charge >= 0.3 is 0 Å². The molecule has 0 radical (unpaired) electrons. The highest BCUT2D eigenvalue weighted by Gasteiger charge is 2.37. The summed E-state index contributed by atoms with van der Waals surface area (Å²) in [6.07, 6.45) is 2.19. The number of hydrogen-bond acceptors (Lipinski definition) is 3. The molecule has 1 unspecified atom stereocenters. The molecule has 2 rings (SSSR count). The van der Waals surface area contributed by atoms with Crippen LogP contribution < -0.4 is 5.32 Å². The second-order valence-corrected chi connectivity index (χ2v) is 6.36. The average molecular weight is 278 g/mol. The lowest BCUT2D eigenvalue weighted by atomic mass is 9.86. The van der Waals surface area contributed by atoms with E-state index >= 15 is 0 Å². The molecular weight excluding hydrogens is 256 g/mol. The quantitative estimate of drug-likeness (QED) is 0.865. The highest BCUT2D eigenvalue weighted by molar-refractivity contribution is 5.90. The van der Waals surface area contributed by atoms with Crippen molar-refractivity contribution in [2.24, 2.45) is 12.5 Å². The molecule has 6 nitrogen and oxygen atoms in total. The van der Waals surface area contributed by atoms with Crippen molar-refractivity contribution in [3.05, 3.63) is 18.0 Å². The van der Waals surface area contributed by atoms with Gasteiger partial charge in [0.1, 0.15) is 6.04 Å². The summed E-state index contributed by atoms with van der Waals surface area (Å²) in [6.45, 7) is 6.76. The summed E-state index contributed by atoms with van der Waals surface area (Å²) in [7, 11) is 1.84. The largest absolute Gasteiger partial charge is 0.344 e. The zero-order valence-electron chi connectivity index (χ0n) is 12.5. The lowest BCUT2D eigenvalue weighted by molar-refractivity contribution is -0.137. The Labute approximate surface area is 119 Å². The molecule has 1 atom stereocenters. The Kier molecular flexibility index (Phi) is 3.83. The molecule has 0 saturated carbocycles. The highest BCUT2D eigenvalue weighted by Crippen LogP contribution is 2.23. The molecule has 2 heterocycles. The number of aromatic nitrogens is 2. The van der Waals surface area contributed by atoms with Crippen LogP contribution >= 0.6 is 0 Å². The van der Waals surface area contributed by atoms with Crippen LogP contribution in [-0.4, -0.2) is 39.1 Å². The van der Waals surface area contributed by atoms with Crippen molar-refractivity contribution in [3.63, 3.8) is 0 Å². The lowest BCUT2D eigenvalue weighted by Gasteiger charge is -2.32. The van der Waals surface area contributed by atoms with Gasteiger partial charge in [0, 0.05) is 26.2 Å².